The minimum atomic E-state index is -0.602. The number of nitrogens with one attached hydrogen (secondary N) is 3. The number of carbonyl (C=O) groups is 2. The van der Waals surface area contributed by atoms with Gasteiger partial charge in [-0.1, -0.05) is 0 Å². The number of H-pyrrole nitrogens is 1. The number of amides is 2. The molecule has 3 rings (SSSR count). The molecule has 0 radical (unpaired) electrons. The van der Waals surface area contributed by atoms with Crippen molar-refractivity contribution in [2.24, 2.45) is 0 Å². The van der Waals surface area contributed by atoms with Gasteiger partial charge in [0.25, 0.3) is 0 Å². The lowest BCUT2D eigenvalue weighted by Gasteiger charge is -2.23. The first-order valence-electron chi connectivity index (χ1n) is 8.98. The molecule has 2 aromatic rings. The normalized spacial score (nSPS) is 17.0. The first-order valence-corrected chi connectivity index (χ1v) is 9.78. The number of aliphatic hydroxyl groups excluding tert-OH is 1. The van der Waals surface area contributed by atoms with Gasteiger partial charge in [0.2, 0.25) is 5.91 Å². The van der Waals surface area contributed by atoms with Crippen molar-refractivity contribution < 1.29 is 19.4 Å². The molecule has 4 N–H and O–H groups in total. The van der Waals surface area contributed by atoms with Crippen molar-refractivity contribution in [3.05, 3.63) is 16.9 Å². The molecule has 10 heteroatoms. The van der Waals surface area contributed by atoms with E-state index in [-0.39, 0.29) is 6.04 Å². The van der Waals surface area contributed by atoms with Crippen LogP contribution in [0, 0.1) is 0 Å². The third-order valence-electron chi connectivity index (χ3n) is 4.27. The molecule has 1 aliphatic rings. The molecule has 2 aromatic heterocycles. The number of hydrogen-bond acceptors (Lipinski definition) is 6. The topological polar surface area (TPSA) is 120 Å². The monoisotopic (exact) mass is 453 g/mol. The van der Waals surface area contributed by atoms with Crippen molar-refractivity contribution in [2.45, 2.75) is 38.8 Å². The lowest BCUT2D eigenvalue weighted by Crippen LogP contribution is -2.40. The number of fused-ring (bicyclic) bond motifs is 1. The second kappa shape index (κ2) is 7.96. The van der Waals surface area contributed by atoms with E-state index in [4.69, 9.17) is 9.84 Å². The molecule has 152 valence electrons. The van der Waals surface area contributed by atoms with Crippen molar-refractivity contribution in [3.8, 4) is 0 Å². The zero-order valence-electron chi connectivity index (χ0n) is 16.0. The van der Waals surface area contributed by atoms with E-state index >= 15 is 0 Å². The highest BCUT2D eigenvalue weighted by Gasteiger charge is 2.29. The van der Waals surface area contributed by atoms with Gasteiger partial charge in [0.15, 0.2) is 0 Å². The van der Waals surface area contributed by atoms with Crippen molar-refractivity contribution in [1.82, 2.24) is 15.3 Å². The van der Waals surface area contributed by atoms with Crippen LogP contribution < -0.4 is 15.5 Å². The lowest BCUT2D eigenvalue weighted by molar-refractivity contribution is -0.118. The number of rotatable bonds is 4. The van der Waals surface area contributed by atoms with Gasteiger partial charge in [0.05, 0.1) is 27.3 Å². The summed E-state index contributed by atoms with van der Waals surface area (Å²) in [7, 11) is 0. The largest absolute Gasteiger partial charge is 0.444 e. The fraction of sp³-hybridized carbons (Fsp3) is 0.500. The molecule has 0 bridgehead atoms. The second-order valence-electron chi connectivity index (χ2n) is 7.66. The van der Waals surface area contributed by atoms with Gasteiger partial charge in [-0.25, -0.2) is 9.78 Å². The highest BCUT2D eigenvalue weighted by Crippen LogP contribution is 2.39. The van der Waals surface area contributed by atoms with E-state index in [0.717, 1.165) is 28.5 Å². The van der Waals surface area contributed by atoms with Crippen LogP contribution >= 0.6 is 15.9 Å². The zero-order valence-corrected chi connectivity index (χ0v) is 17.6. The van der Waals surface area contributed by atoms with Crippen LogP contribution in [0.25, 0.3) is 11.0 Å². The number of alkyl carbamates (subject to hydrolysis) is 1. The Balaban J connectivity index is 1.82. The van der Waals surface area contributed by atoms with E-state index in [1.807, 2.05) is 20.8 Å². The fourth-order valence-corrected chi connectivity index (χ4v) is 3.76. The predicted octanol–water partition coefficient (Wildman–Crippen LogP) is 2.36. The molecule has 0 aromatic carbocycles. The Hall–Kier alpha value is -2.33. The summed E-state index contributed by atoms with van der Waals surface area (Å²) in [6.07, 6.45) is 3.67. The lowest BCUT2D eigenvalue weighted by atomic mass is 10.2. The average Bonchev–Trinajstić information content (AvgIpc) is 3.20. The van der Waals surface area contributed by atoms with Crippen LogP contribution in [0.15, 0.2) is 16.9 Å². The fourth-order valence-electron chi connectivity index (χ4n) is 3.21. The number of aromatic amines is 1. The summed E-state index contributed by atoms with van der Waals surface area (Å²) >= 11 is 3.55. The summed E-state index contributed by atoms with van der Waals surface area (Å²) in [5.41, 5.74) is 1.48. The van der Waals surface area contributed by atoms with E-state index in [0.29, 0.717) is 17.9 Å². The molecular weight excluding hydrogens is 430 g/mol. The zero-order chi connectivity index (χ0) is 20.5. The molecule has 1 atom stereocenters. The molecule has 1 unspecified atom stereocenters. The van der Waals surface area contributed by atoms with Gasteiger partial charge >= 0.3 is 6.09 Å². The van der Waals surface area contributed by atoms with Crippen LogP contribution in [0.3, 0.4) is 0 Å². The third-order valence-corrected chi connectivity index (χ3v) is 4.85. The van der Waals surface area contributed by atoms with E-state index in [2.05, 4.69) is 41.4 Å². The quantitative estimate of drug-likeness (QED) is 0.563. The van der Waals surface area contributed by atoms with Gasteiger partial charge in [-0.05, 0) is 43.1 Å². The van der Waals surface area contributed by atoms with Gasteiger partial charge in [0.1, 0.15) is 17.9 Å². The maximum absolute atomic E-state index is 12.1. The summed E-state index contributed by atoms with van der Waals surface area (Å²) in [6, 6.07) is -0.0561. The molecular formula is C18H24BrN5O4. The first kappa shape index (κ1) is 20.4. The van der Waals surface area contributed by atoms with Gasteiger partial charge < -0.3 is 30.4 Å². The van der Waals surface area contributed by atoms with Crippen LogP contribution in [-0.4, -0.2) is 58.4 Å². The molecule has 3 heterocycles. The number of hydrogen-bond donors (Lipinski definition) is 4. The van der Waals surface area contributed by atoms with Crippen LogP contribution in [0.2, 0.25) is 0 Å². The molecule has 9 nitrogen and oxygen atoms in total. The van der Waals surface area contributed by atoms with E-state index in [1.54, 1.807) is 12.4 Å². The minimum Gasteiger partial charge on any atom is -0.444 e. The van der Waals surface area contributed by atoms with Gasteiger partial charge in [-0.2, -0.15) is 0 Å². The Kier molecular flexibility index (Phi) is 5.80. The molecule has 1 fully saturated rings. The minimum absolute atomic E-state index is 0.0561. The standard InChI is InChI=1S/C18H24BrN5O4/c1-18(2,3)28-17(27)22-10-4-5-24(8-10)15-11(19)6-20-16-14(15)12(7-21-16)23-13(26)9-25/h6-7,10,25H,4-5,8-9H2,1-3H3,(H,20,21)(H,22,27)(H,23,26). The van der Waals surface area contributed by atoms with Crippen LogP contribution in [0.1, 0.15) is 27.2 Å². The Bertz CT molecular complexity index is 892. The Morgan fingerprint density at radius 1 is 1.46 bits per heavy atom. The number of aliphatic hydroxyl groups is 1. The number of ether oxygens (including phenoxy) is 1. The number of carbonyl (C=O) groups excluding carboxylic acids is 2. The van der Waals surface area contributed by atoms with Crippen molar-refractivity contribution in [1.29, 1.82) is 0 Å². The summed E-state index contributed by atoms with van der Waals surface area (Å²) in [4.78, 5) is 33.2. The molecule has 1 saturated heterocycles. The molecule has 0 saturated carbocycles. The number of aromatic nitrogens is 2. The van der Waals surface area contributed by atoms with Crippen molar-refractivity contribution in [3.63, 3.8) is 0 Å². The second-order valence-corrected chi connectivity index (χ2v) is 8.52. The predicted molar refractivity (Wildman–Crippen MR) is 109 cm³/mol. The summed E-state index contributed by atoms with van der Waals surface area (Å²) < 4.78 is 6.11. The van der Waals surface area contributed by atoms with Crippen molar-refractivity contribution >= 4 is 50.3 Å². The number of pyridine rings is 1. The maximum atomic E-state index is 12.1. The van der Waals surface area contributed by atoms with Crippen LogP contribution in [0.5, 0.6) is 0 Å². The van der Waals surface area contributed by atoms with E-state index < -0.39 is 24.2 Å². The highest BCUT2D eigenvalue weighted by molar-refractivity contribution is 9.10. The van der Waals surface area contributed by atoms with Gasteiger partial charge in [0, 0.05) is 25.5 Å². The van der Waals surface area contributed by atoms with Gasteiger partial charge in [-0.15, -0.1) is 0 Å². The van der Waals surface area contributed by atoms with Gasteiger partial charge in [-0.3, -0.25) is 4.79 Å². The summed E-state index contributed by atoms with van der Waals surface area (Å²) in [5.74, 6) is -0.502. The number of halogens is 1. The molecule has 1 aliphatic heterocycles. The SMILES string of the molecule is CC(C)(C)OC(=O)NC1CCN(c2c(Br)cnc3[nH]cc(NC(=O)CO)c23)C1. The number of nitrogens with zero attached hydrogens (tertiary/aromatic N) is 2. The first-order chi connectivity index (χ1) is 13.2. The summed E-state index contributed by atoms with van der Waals surface area (Å²) in [6.45, 7) is 6.19. The average molecular weight is 454 g/mol. The number of anilines is 2. The van der Waals surface area contributed by atoms with E-state index in [1.165, 1.54) is 0 Å². The third kappa shape index (κ3) is 4.56. The maximum Gasteiger partial charge on any atom is 0.407 e. The highest BCUT2D eigenvalue weighted by atomic mass is 79.9. The van der Waals surface area contributed by atoms with E-state index in [9.17, 15) is 9.59 Å². The summed E-state index contributed by atoms with van der Waals surface area (Å²) in [5, 5.41) is 15.4. The Labute approximate surface area is 171 Å². The van der Waals surface area contributed by atoms with Crippen LogP contribution in [-0.2, 0) is 9.53 Å². The molecule has 0 spiro atoms. The smallest absolute Gasteiger partial charge is 0.407 e. The Morgan fingerprint density at radius 2 is 2.21 bits per heavy atom. The Morgan fingerprint density at radius 3 is 2.89 bits per heavy atom. The molecule has 2 amide bonds. The molecule has 28 heavy (non-hydrogen) atoms. The van der Waals surface area contributed by atoms with Crippen molar-refractivity contribution in [2.75, 3.05) is 29.9 Å². The van der Waals surface area contributed by atoms with Crippen LogP contribution in [0.4, 0.5) is 16.2 Å². The molecule has 0 aliphatic carbocycles.